The van der Waals surface area contributed by atoms with E-state index in [0.29, 0.717) is 12.0 Å². The lowest BCUT2D eigenvalue weighted by molar-refractivity contribution is 0.258. The smallest absolute Gasteiger partial charge is 0.124 e. The van der Waals surface area contributed by atoms with Crippen LogP contribution in [0.3, 0.4) is 0 Å². The normalized spacial score (nSPS) is 23.8. The fourth-order valence-corrected chi connectivity index (χ4v) is 3.97. The van der Waals surface area contributed by atoms with Gasteiger partial charge in [-0.2, -0.15) is 0 Å². The molecule has 0 bridgehead atoms. The first-order chi connectivity index (χ1) is 11.8. The first-order valence-electron chi connectivity index (χ1n) is 8.86. The SMILES string of the molecule is c1cncc(COc2ccccc2CN2CCC3(CCNC3)C2)c1. The highest BCUT2D eigenvalue weighted by Gasteiger charge is 2.40. The van der Waals surface area contributed by atoms with Gasteiger partial charge in [-0.25, -0.2) is 0 Å². The van der Waals surface area contributed by atoms with Crippen LogP contribution in [0, 0.1) is 5.41 Å². The van der Waals surface area contributed by atoms with Crippen molar-refractivity contribution in [2.75, 3.05) is 26.2 Å². The number of para-hydroxylation sites is 1. The highest BCUT2D eigenvalue weighted by molar-refractivity contribution is 5.33. The number of hydrogen-bond acceptors (Lipinski definition) is 4. The summed E-state index contributed by atoms with van der Waals surface area (Å²) in [7, 11) is 0. The number of nitrogens with one attached hydrogen (secondary N) is 1. The third-order valence-corrected chi connectivity index (χ3v) is 5.33. The van der Waals surface area contributed by atoms with Gasteiger partial charge < -0.3 is 10.1 Å². The van der Waals surface area contributed by atoms with Gasteiger partial charge in [0.2, 0.25) is 0 Å². The predicted octanol–water partition coefficient (Wildman–Crippen LogP) is 2.85. The Morgan fingerprint density at radius 2 is 2.12 bits per heavy atom. The summed E-state index contributed by atoms with van der Waals surface area (Å²) < 4.78 is 6.07. The molecule has 3 heterocycles. The number of ether oxygens (including phenoxy) is 1. The van der Waals surface area contributed by atoms with Gasteiger partial charge in [-0.15, -0.1) is 0 Å². The first-order valence-corrected chi connectivity index (χ1v) is 8.86. The Morgan fingerprint density at radius 3 is 2.96 bits per heavy atom. The third kappa shape index (κ3) is 3.45. The molecule has 4 rings (SSSR count). The molecule has 1 unspecified atom stereocenters. The molecule has 1 aromatic carbocycles. The maximum atomic E-state index is 6.07. The number of benzene rings is 1. The molecule has 1 N–H and O–H groups in total. The Kier molecular flexibility index (Phi) is 4.50. The van der Waals surface area contributed by atoms with Crippen LogP contribution in [0.15, 0.2) is 48.8 Å². The van der Waals surface area contributed by atoms with Gasteiger partial charge >= 0.3 is 0 Å². The van der Waals surface area contributed by atoms with Crippen LogP contribution in [0.5, 0.6) is 5.75 Å². The zero-order valence-electron chi connectivity index (χ0n) is 14.1. The summed E-state index contributed by atoms with van der Waals surface area (Å²) in [5.41, 5.74) is 2.90. The van der Waals surface area contributed by atoms with Crippen LogP contribution in [0.4, 0.5) is 0 Å². The van der Waals surface area contributed by atoms with E-state index < -0.39 is 0 Å². The largest absolute Gasteiger partial charge is 0.489 e. The van der Waals surface area contributed by atoms with Crippen LogP contribution in [-0.2, 0) is 13.2 Å². The molecule has 0 radical (unpaired) electrons. The average Bonchev–Trinajstić information content (AvgIpc) is 3.25. The molecule has 2 aliphatic rings. The Labute approximate surface area is 143 Å². The molecule has 2 saturated heterocycles. The summed E-state index contributed by atoms with van der Waals surface area (Å²) >= 11 is 0. The van der Waals surface area contributed by atoms with Gasteiger partial charge in [0, 0.05) is 43.2 Å². The van der Waals surface area contributed by atoms with Crippen molar-refractivity contribution in [3.63, 3.8) is 0 Å². The van der Waals surface area contributed by atoms with Crippen LogP contribution in [0.25, 0.3) is 0 Å². The topological polar surface area (TPSA) is 37.4 Å². The van der Waals surface area contributed by atoms with E-state index in [1.54, 1.807) is 6.20 Å². The lowest BCUT2D eigenvalue weighted by Crippen LogP contribution is -2.29. The maximum absolute atomic E-state index is 6.07. The zero-order valence-corrected chi connectivity index (χ0v) is 14.1. The molecule has 1 aromatic heterocycles. The third-order valence-electron chi connectivity index (χ3n) is 5.33. The van der Waals surface area contributed by atoms with Crippen molar-refractivity contribution in [2.45, 2.75) is 26.0 Å². The van der Waals surface area contributed by atoms with Gasteiger partial charge in [-0.1, -0.05) is 24.3 Å². The van der Waals surface area contributed by atoms with Crippen molar-refractivity contribution in [3.05, 3.63) is 59.9 Å². The van der Waals surface area contributed by atoms with Crippen molar-refractivity contribution in [1.29, 1.82) is 0 Å². The molecule has 0 amide bonds. The summed E-state index contributed by atoms with van der Waals surface area (Å²) in [6.07, 6.45) is 6.29. The van der Waals surface area contributed by atoms with Crippen molar-refractivity contribution < 1.29 is 4.74 Å². The highest BCUT2D eigenvalue weighted by atomic mass is 16.5. The molecular formula is C20H25N3O. The average molecular weight is 323 g/mol. The molecule has 4 nitrogen and oxygen atoms in total. The van der Waals surface area contributed by atoms with Crippen molar-refractivity contribution in [3.8, 4) is 5.75 Å². The molecule has 2 aliphatic heterocycles. The summed E-state index contributed by atoms with van der Waals surface area (Å²) in [5, 5.41) is 3.53. The number of nitrogens with zero attached hydrogens (tertiary/aromatic N) is 2. The monoisotopic (exact) mass is 323 g/mol. The lowest BCUT2D eigenvalue weighted by Gasteiger charge is -2.23. The second kappa shape index (κ2) is 6.91. The molecule has 126 valence electrons. The summed E-state index contributed by atoms with van der Waals surface area (Å²) in [6, 6.07) is 12.4. The highest BCUT2D eigenvalue weighted by Crippen LogP contribution is 2.37. The molecule has 24 heavy (non-hydrogen) atoms. The first kappa shape index (κ1) is 15.6. The van der Waals surface area contributed by atoms with Gasteiger partial charge in [-0.3, -0.25) is 9.88 Å². The Balaban J connectivity index is 1.40. The van der Waals surface area contributed by atoms with Gasteiger partial charge in [0.05, 0.1) is 0 Å². The molecular weight excluding hydrogens is 298 g/mol. The molecule has 1 spiro atoms. The lowest BCUT2D eigenvalue weighted by atomic mass is 9.86. The van der Waals surface area contributed by atoms with Gasteiger partial charge in [0.15, 0.2) is 0 Å². The quantitative estimate of drug-likeness (QED) is 0.918. The standard InChI is InChI=1S/C20H25N3O/c1-2-6-19(24-14-17-4-3-9-21-12-17)18(5-1)13-23-11-8-20(16-23)7-10-22-15-20/h1-6,9,12,22H,7-8,10-11,13-16H2. The number of aromatic nitrogens is 1. The van der Waals surface area contributed by atoms with E-state index in [2.05, 4.69) is 39.5 Å². The minimum absolute atomic E-state index is 0.519. The second-order valence-corrected chi connectivity index (χ2v) is 7.15. The molecule has 2 aromatic rings. The van der Waals surface area contributed by atoms with Crippen LogP contribution >= 0.6 is 0 Å². The molecule has 4 heteroatoms. The van der Waals surface area contributed by atoms with E-state index in [0.717, 1.165) is 17.9 Å². The summed E-state index contributed by atoms with van der Waals surface area (Å²) in [6.45, 7) is 6.31. The summed E-state index contributed by atoms with van der Waals surface area (Å²) in [4.78, 5) is 6.73. The molecule has 2 fully saturated rings. The van der Waals surface area contributed by atoms with E-state index in [9.17, 15) is 0 Å². The molecule has 0 saturated carbocycles. The second-order valence-electron chi connectivity index (χ2n) is 7.15. The van der Waals surface area contributed by atoms with Crippen LogP contribution in [0.1, 0.15) is 24.0 Å². The van der Waals surface area contributed by atoms with Crippen LogP contribution in [-0.4, -0.2) is 36.1 Å². The van der Waals surface area contributed by atoms with Crippen LogP contribution in [0.2, 0.25) is 0 Å². The van der Waals surface area contributed by atoms with Gasteiger partial charge in [0.25, 0.3) is 0 Å². The fraction of sp³-hybridized carbons (Fsp3) is 0.450. The van der Waals surface area contributed by atoms with E-state index in [1.165, 1.54) is 44.6 Å². The number of likely N-dealkylation sites (tertiary alicyclic amines) is 1. The van der Waals surface area contributed by atoms with Crippen LogP contribution < -0.4 is 10.1 Å². The van der Waals surface area contributed by atoms with Crippen molar-refractivity contribution in [1.82, 2.24) is 15.2 Å². The molecule has 0 aliphatic carbocycles. The van der Waals surface area contributed by atoms with Crippen molar-refractivity contribution in [2.24, 2.45) is 5.41 Å². The zero-order chi connectivity index (χ0) is 16.2. The number of rotatable bonds is 5. The fourth-order valence-electron chi connectivity index (χ4n) is 3.97. The number of hydrogen-bond donors (Lipinski definition) is 1. The minimum atomic E-state index is 0.519. The van der Waals surface area contributed by atoms with Crippen molar-refractivity contribution >= 4 is 0 Å². The van der Waals surface area contributed by atoms with E-state index >= 15 is 0 Å². The van der Waals surface area contributed by atoms with E-state index in [4.69, 9.17) is 4.74 Å². The van der Waals surface area contributed by atoms with E-state index in [-0.39, 0.29) is 0 Å². The Hall–Kier alpha value is -1.91. The van der Waals surface area contributed by atoms with Gasteiger partial charge in [0.1, 0.15) is 12.4 Å². The Morgan fingerprint density at radius 1 is 1.17 bits per heavy atom. The van der Waals surface area contributed by atoms with Gasteiger partial charge in [-0.05, 0) is 43.5 Å². The maximum Gasteiger partial charge on any atom is 0.124 e. The van der Waals surface area contributed by atoms with E-state index in [1.807, 2.05) is 18.3 Å². The minimum Gasteiger partial charge on any atom is -0.489 e. The number of pyridine rings is 1. The predicted molar refractivity (Wildman–Crippen MR) is 94.8 cm³/mol. The molecule has 1 atom stereocenters. The summed E-state index contributed by atoms with van der Waals surface area (Å²) in [5.74, 6) is 0.992. The Bertz CT molecular complexity index is 668.